The molecule has 17 heavy (non-hydrogen) atoms. The highest BCUT2D eigenvalue weighted by Gasteiger charge is 2.30. The van der Waals surface area contributed by atoms with Gasteiger partial charge in [-0.25, -0.2) is 0 Å². The molecule has 0 aliphatic heterocycles. The Hall–Kier alpha value is -0.800. The van der Waals surface area contributed by atoms with Crippen molar-refractivity contribution in [1.29, 1.82) is 0 Å². The number of carbonyl (C=O) groups is 1. The van der Waals surface area contributed by atoms with E-state index in [9.17, 15) is 4.79 Å². The van der Waals surface area contributed by atoms with E-state index in [0.29, 0.717) is 5.78 Å². The maximum Gasteiger partial charge on any atom is 0.166 e. The summed E-state index contributed by atoms with van der Waals surface area (Å²) in [6, 6.07) is 6.29. The molecule has 1 aliphatic rings. The van der Waals surface area contributed by atoms with Crippen LogP contribution in [-0.4, -0.2) is 37.6 Å². The second kappa shape index (κ2) is 5.23. The number of hydrogen-bond donors (Lipinski definition) is 0. The fourth-order valence-electron chi connectivity index (χ4n) is 2.32. The lowest BCUT2D eigenvalue weighted by molar-refractivity contribution is 0.0925. The molecule has 2 nitrogen and oxygen atoms in total. The Balaban J connectivity index is 2.12. The first-order valence-corrected chi connectivity index (χ1v) is 7.20. The number of nitrogens with zero attached hydrogens (tertiary/aromatic N) is 1. The standard InChI is InChI=1S/C14H19NOS/c1-15(2)7-6-11-8-10-4-5-12(17-3)9-13(10)14(11)16/h4-5,9,11H,6-8H2,1-3H3. The van der Waals surface area contributed by atoms with Crippen LogP contribution in [0.15, 0.2) is 23.1 Å². The second-order valence-electron chi connectivity index (χ2n) is 4.88. The Bertz CT molecular complexity index is 428. The molecule has 92 valence electrons. The van der Waals surface area contributed by atoms with Gasteiger partial charge in [-0.15, -0.1) is 11.8 Å². The molecular formula is C14H19NOS. The first kappa shape index (κ1) is 12.7. The topological polar surface area (TPSA) is 20.3 Å². The average Bonchev–Trinajstić information content (AvgIpc) is 2.63. The maximum absolute atomic E-state index is 12.2. The molecule has 3 heteroatoms. The van der Waals surface area contributed by atoms with Crippen LogP contribution in [0.4, 0.5) is 0 Å². The van der Waals surface area contributed by atoms with E-state index in [1.165, 1.54) is 10.5 Å². The van der Waals surface area contributed by atoms with Crippen molar-refractivity contribution >= 4 is 17.5 Å². The third-order valence-electron chi connectivity index (χ3n) is 3.34. The van der Waals surface area contributed by atoms with Gasteiger partial charge in [0.2, 0.25) is 0 Å². The van der Waals surface area contributed by atoms with Gasteiger partial charge >= 0.3 is 0 Å². The second-order valence-corrected chi connectivity index (χ2v) is 5.76. The van der Waals surface area contributed by atoms with Crippen LogP contribution in [0.25, 0.3) is 0 Å². The number of thioether (sulfide) groups is 1. The number of carbonyl (C=O) groups excluding carboxylic acids is 1. The Morgan fingerprint density at radius 3 is 2.82 bits per heavy atom. The first-order chi connectivity index (χ1) is 8.11. The van der Waals surface area contributed by atoms with Crippen LogP contribution in [0.2, 0.25) is 0 Å². The predicted molar refractivity (Wildman–Crippen MR) is 72.9 cm³/mol. The summed E-state index contributed by atoms with van der Waals surface area (Å²) in [7, 11) is 4.11. The maximum atomic E-state index is 12.2. The van der Waals surface area contributed by atoms with Gasteiger partial charge in [0.25, 0.3) is 0 Å². The van der Waals surface area contributed by atoms with E-state index in [1.807, 2.05) is 6.26 Å². The van der Waals surface area contributed by atoms with Crippen molar-refractivity contribution in [3.05, 3.63) is 29.3 Å². The summed E-state index contributed by atoms with van der Waals surface area (Å²) in [5.74, 6) is 0.544. The number of Topliss-reactive ketones (excluding diaryl/α,β-unsaturated/α-hetero) is 1. The van der Waals surface area contributed by atoms with Gasteiger partial charge < -0.3 is 4.90 Å². The number of rotatable bonds is 4. The van der Waals surface area contributed by atoms with E-state index in [-0.39, 0.29) is 5.92 Å². The Labute approximate surface area is 107 Å². The smallest absolute Gasteiger partial charge is 0.166 e. The highest BCUT2D eigenvalue weighted by Crippen LogP contribution is 2.31. The minimum absolute atomic E-state index is 0.199. The van der Waals surface area contributed by atoms with Crippen LogP contribution in [0.1, 0.15) is 22.3 Å². The summed E-state index contributed by atoms with van der Waals surface area (Å²) in [6.45, 7) is 0.986. The van der Waals surface area contributed by atoms with Crippen molar-refractivity contribution in [3.63, 3.8) is 0 Å². The summed E-state index contributed by atoms with van der Waals surface area (Å²) >= 11 is 1.70. The van der Waals surface area contributed by atoms with Crippen LogP contribution < -0.4 is 0 Å². The molecule has 0 aromatic heterocycles. The highest BCUT2D eigenvalue weighted by atomic mass is 32.2. The molecular weight excluding hydrogens is 230 g/mol. The molecule has 0 amide bonds. The van der Waals surface area contributed by atoms with Crippen molar-refractivity contribution < 1.29 is 4.79 Å². The zero-order valence-corrected chi connectivity index (χ0v) is 11.5. The lowest BCUT2D eigenvalue weighted by Crippen LogP contribution is -2.19. The van der Waals surface area contributed by atoms with E-state index < -0.39 is 0 Å². The van der Waals surface area contributed by atoms with E-state index in [2.05, 4.69) is 37.2 Å². The third-order valence-corrected chi connectivity index (χ3v) is 4.07. The molecule has 1 aromatic carbocycles. The number of ketones is 1. The van der Waals surface area contributed by atoms with Crippen LogP contribution in [0.5, 0.6) is 0 Å². The highest BCUT2D eigenvalue weighted by molar-refractivity contribution is 7.98. The normalized spacial score (nSPS) is 18.8. The molecule has 0 fully saturated rings. The lowest BCUT2D eigenvalue weighted by atomic mass is 10.0. The van der Waals surface area contributed by atoms with Gasteiger partial charge in [-0.05, 0) is 57.4 Å². The van der Waals surface area contributed by atoms with E-state index in [0.717, 1.165) is 24.9 Å². The summed E-state index contributed by atoms with van der Waals surface area (Å²) in [5, 5.41) is 0. The van der Waals surface area contributed by atoms with Crippen molar-refractivity contribution in [2.75, 3.05) is 26.9 Å². The molecule has 1 aliphatic carbocycles. The Kier molecular flexibility index (Phi) is 3.89. The Morgan fingerprint density at radius 1 is 1.41 bits per heavy atom. The van der Waals surface area contributed by atoms with Crippen molar-refractivity contribution in [2.45, 2.75) is 17.7 Å². The van der Waals surface area contributed by atoms with Crippen molar-refractivity contribution in [1.82, 2.24) is 4.90 Å². The van der Waals surface area contributed by atoms with Gasteiger partial charge in [-0.3, -0.25) is 4.79 Å². The minimum Gasteiger partial charge on any atom is -0.309 e. The van der Waals surface area contributed by atoms with Crippen molar-refractivity contribution in [2.24, 2.45) is 5.92 Å². The zero-order chi connectivity index (χ0) is 12.4. The average molecular weight is 249 g/mol. The number of hydrogen-bond acceptors (Lipinski definition) is 3. The minimum atomic E-state index is 0.199. The van der Waals surface area contributed by atoms with Gasteiger partial charge in [0, 0.05) is 16.4 Å². The molecule has 0 radical (unpaired) electrons. The summed E-state index contributed by atoms with van der Waals surface area (Å²) in [5.41, 5.74) is 2.19. The Morgan fingerprint density at radius 2 is 2.18 bits per heavy atom. The van der Waals surface area contributed by atoms with Gasteiger partial charge in [0.05, 0.1) is 0 Å². The lowest BCUT2D eigenvalue weighted by Gasteiger charge is -2.12. The first-order valence-electron chi connectivity index (χ1n) is 5.97. The number of benzene rings is 1. The quantitative estimate of drug-likeness (QED) is 0.765. The summed E-state index contributed by atoms with van der Waals surface area (Å²) < 4.78 is 0. The molecule has 1 aromatic rings. The predicted octanol–water partition coefficient (Wildman–Crippen LogP) is 2.72. The van der Waals surface area contributed by atoms with Crippen LogP contribution in [0.3, 0.4) is 0 Å². The van der Waals surface area contributed by atoms with E-state index in [4.69, 9.17) is 0 Å². The van der Waals surface area contributed by atoms with Gasteiger partial charge in [-0.2, -0.15) is 0 Å². The zero-order valence-electron chi connectivity index (χ0n) is 10.7. The molecule has 0 saturated heterocycles. The molecule has 0 bridgehead atoms. The largest absolute Gasteiger partial charge is 0.309 e. The van der Waals surface area contributed by atoms with Gasteiger partial charge in [0.15, 0.2) is 5.78 Å². The molecule has 1 atom stereocenters. The molecule has 0 saturated carbocycles. The van der Waals surface area contributed by atoms with Gasteiger partial charge in [0.1, 0.15) is 0 Å². The molecule has 0 heterocycles. The van der Waals surface area contributed by atoms with Crippen molar-refractivity contribution in [3.8, 4) is 0 Å². The van der Waals surface area contributed by atoms with E-state index >= 15 is 0 Å². The fraction of sp³-hybridized carbons (Fsp3) is 0.500. The summed E-state index contributed by atoms with van der Waals surface area (Å²) in [6.07, 6.45) is 3.94. The van der Waals surface area contributed by atoms with Gasteiger partial charge in [-0.1, -0.05) is 6.07 Å². The van der Waals surface area contributed by atoms with Crippen LogP contribution in [0, 0.1) is 5.92 Å². The SMILES string of the molecule is CSc1ccc2c(c1)C(=O)C(CCN(C)C)C2. The molecule has 2 rings (SSSR count). The summed E-state index contributed by atoms with van der Waals surface area (Å²) in [4.78, 5) is 15.6. The molecule has 0 spiro atoms. The molecule has 0 N–H and O–H groups in total. The third kappa shape index (κ3) is 2.72. The fourth-order valence-corrected chi connectivity index (χ4v) is 2.76. The van der Waals surface area contributed by atoms with Crippen LogP contribution in [-0.2, 0) is 6.42 Å². The monoisotopic (exact) mass is 249 g/mol. The van der Waals surface area contributed by atoms with Crippen LogP contribution >= 0.6 is 11.8 Å². The molecule has 1 unspecified atom stereocenters. The number of fused-ring (bicyclic) bond motifs is 1. The van der Waals surface area contributed by atoms with E-state index in [1.54, 1.807) is 11.8 Å².